The molecular formula is C15H12ClF3N8O. The number of urea groups is 1. The fourth-order valence-electron chi connectivity index (χ4n) is 2.21. The smallest absolute Gasteiger partial charge is 0.328 e. The van der Waals surface area contributed by atoms with Crippen LogP contribution in [0.15, 0.2) is 37.1 Å². The zero-order valence-electron chi connectivity index (χ0n) is 14.1. The van der Waals surface area contributed by atoms with Crippen LogP contribution in [0.25, 0.3) is 5.95 Å². The second-order valence-electron chi connectivity index (χ2n) is 5.46. The number of pyridine rings is 1. The van der Waals surface area contributed by atoms with E-state index in [1.807, 2.05) is 0 Å². The van der Waals surface area contributed by atoms with E-state index in [2.05, 4.69) is 35.7 Å². The lowest BCUT2D eigenvalue weighted by molar-refractivity contribution is -0.137. The van der Waals surface area contributed by atoms with E-state index in [4.69, 9.17) is 11.6 Å². The summed E-state index contributed by atoms with van der Waals surface area (Å²) in [5.41, 5.74) is -1.32. The first-order valence-electron chi connectivity index (χ1n) is 7.73. The number of amides is 2. The molecule has 28 heavy (non-hydrogen) atoms. The molecule has 1 unspecified atom stereocenters. The third-order valence-electron chi connectivity index (χ3n) is 3.47. The number of anilines is 1. The van der Waals surface area contributed by atoms with Gasteiger partial charge in [-0.3, -0.25) is 0 Å². The van der Waals surface area contributed by atoms with E-state index in [1.54, 1.807) is 13.0 Å². The highest BCUT2D eigenvalue weighted by Gasteiger charge is 2.32. The van der Waals surface area contributed by atoms with Crippen molar-refractivity contribution >= 4 is 23.3 Å². The number of rotatable bonds is 4. The molecule has 146 valence electrons. The summed E-state index contributed by atoms with van der Waals surface area (Å²) in [5, 5.41) is 8.49. The molecule has 3 heterocycles. The number of carbonyl (C=O) groups excluding carboxylic acids is 1. The molecule has 3 rings (SSSR count). The van der Waals surface area contributed by atoms with E-state index >= 15 is 0 Å². The van der Waals surface area contributed by atoms with Gasteiger partial charge in [-0.15, -0.1) is 0 Å². The average molecular weight is 413 g/mol. The molecular weight excluding hydrogens is 401 g/mol. The minimum Gasteiger partial charge on any atom is -0.328 e. The van der Waals surface area contributed by atoms with Gasteiger partial charge in [-0.1, -0.05) is 11.6 Å². The predicted octanol–water partition coefficient (Wildman–Crippen LogP) is 3.01. The molecule has 0 saturated carbocycles. The Morgan fingerprint density at radius 1 is 1.21 bits per heavy atom. The number of nitrogens with zero attached hydrogens (tertiary/aromatic N) is 6. The van der Waals surface area contributed by atoms with Crippen LogP contribution in [0.3, 0.4) is 0 Å². The van der Waals surface area contributed by atoms with E-state index in [-0.39, 0.29) is 16.8 Å². The SMILES string of the molecule is CC(NC(=O)Nc1cc(C(F)(F)F)cnc1Cl)c1ncnn1-c1ncccn1. The van der Waals surface area contributed by atoms with E-state index in [9.17, 15) is 18.0 Å². The van der Waals surface area contributed by atoms with Crippen molar-refractivity contribution in [1.82, 2.24) is 35.0 Å². The number of alkyl halides is 3. The summed E-state index contributed by atoms with van der Waals surface area (Å²) in [4.78, 5) is 27.8. The molecule has 9 nitrogen and oxygen atoms in total. The number of aromatic nitrogens is 6. The van der Waals surface area contributed by atoms with Gasteiger partial charge in [0.15, 0.2) is 11.0 Å². The lowest BCUT2D eigenvalue weighted by Crippen LogP contribution is -2.33. The standard InChI is InChI=1S/C15H12ClF3N8O/c1-8(12-23-7-24-27(12)13-20-3-2-4-21-13)25-14(28)26-10-5-9(15(17,18)19)6-22-11(10)16/h2-8H,1H3,(H2,25,26,28). The van der Waals surface area contributed by atoms with Crippen molar-refractivity contribution in [2.24, 2.45) is 0 Å². The van der Waals surface area contributed by atoms with Crippen LogP contribution in [0.2, 0.25) is 5.15 Å². The Balaban J connectivity index is 1.74. The molecule has 0 aliphatic heterocycles. The Morgan fingerprint density at radius 2 is 1.93 bits per heavy atom. The summed E-state index contributed by atoms with van der Waals surface area (Å²) in [6.45, 7) is 1.61. The second kappa shape index (κ2) is 7.76. The highest BCUT2D eigenvalue weighted by Crippen LogP contribution is 2.32. The van der Waals surface area contributed by atoms with Crippen molar-refractivity contribution in [2.75, 3.05) is 5.32 Å². The number of halogens is 4. The van der Waals surface area contributed by atoms with Crippen molar-refractivity contribution < 1.29 is 18.0 Å². The number of nitrogens with one attached hydrogen (secondary N) is 2. The monoisotopic (exact) mass is 412 g/mol. The molecule has 1 atom stereocenters. The average Bonchev–Trinajstić information content (AvgIpc) is 3.13. The molecule has 0 aromatic carbocycles. The fraction of sp³-hybridized carbons (Fsp3) is 0.200. The van der Waals surface area contributed by atoms with Crippen LogP contribution >= 0.6 is 11.6 Å². The van der Waals surface area contributed by atoms with Crippen molar-refractivity contribution in [1.29, 1.82) is 0 Å². The molecule has 3 aromatic rings. The quantitative estimate of drug-likeness (QED) is 0.637. The summed E-state index contributed by atoms with van der Waals surface area (Å²) >= 11 is 5.77. The fourth-order valence-corrected chi connectivity index (χ4v) is 2.36. The van der Waals surface area contributed by atoms with E-state index in [1.165, 1.54) is 23.4 Å². The third-order valence-corrected chi connectivity index (χ3v) is 3.77. The van der Waals surface area contributed by atoms with E-state index in [0.29, 0.717) is 18.1 Å². The third kappa shape index (κ3) is 4.34. The molecule has 0 bridgehead atoms. The predicted molar refractivity (Wildman–Crippen MR) is 91.8 cm³/mol. The lowest BCUT2D eigenvalue weighted by Gasteiger charge is -2.15. The van der Waals surface area contributed by atoms with Gasteiger partial charge in [0.1, 0.15) is 6.33 Å². The highest BCUT2D eigenvalue weighted by atomic mass is 35.5. The van der Waals surface area contributed by atoms with Crippen LogP contribution in [-0.2, 0) is 6.18 Å². The maximum Gasteiger partial charge on any atom is 0.417 e. The number of carbonyl (C=O) groups is 1. The minimum absolute atomic E-state index is 0.245. The van der Waals surface area contributed by atoms with Crippen LogP contribution in [0.1, 0.15) is 24.4 Å². The van der Waals surface area contributed by atoms with Gasteiger partial charge >= 0.3 is 12.2 Å². The van der Waals surface area contributed by atoms with Gasteiger partial charge in [0.25, 0.3) is 5.95 Å². The molecule has 2 amide bonds. The van der Waals surface area contributed by atoms with E-state index in [0.717, 1.165) is 0 Å². The van der Waals surface area contributed by atoms with Gasteiger partial charge in [0.2, 0.25) is 0 Å². The van der Waals surface area contributed by atoms with E-state index < -0.39 is 23.8 Å². The summed E-state index contributed by atoms with van der Waals surface area (Å²) in [6.07, 6.45) is 0.248. The first-order valence-corrected chi connectivity index (χ1v) is 8.11. The first-order chi connectivity index (χ1) is 13.3. The van der Waals surface area contributed by atoms with Gasteiger partial charge in [0.05, 0.1) is 17.3 Å². The second-order valence-corrected chi connectivity index (χ2v) is 5.82. The maximum absolute atomic E-state index is 12.8. The van der Waals surface area contributed by atoms with Gasteiger partial charge in [-0.25, -0.2) is 24.7 Å². The van der Waals surface area contributed by atoms with Crippen LogP contribution in [0.5, 0.6) is 0 Å². The largest absolute Gasteiger partial charge is 0.417 e. The first kappa shape index (κ1) is 19.5. The van der Waals surface area contributed by atoms with Crippen molar-refractivity contribution in [3.8, 4) is 5.95 Å². The summed E-state index contributed by atoms with van der Waals surface area (Å²) in [7, 11) is 0. The van der Waals surface area contributed by atoms with Gasteiger partial charge < -0.3 is 10.6 Å². The van der Waals surface area contributed by atoms with Gasteiger partial charge in [0, 0.05) is 18.6 Å². The highest BCUT2D eigenvalue weighted by molar-refractivity contribution is 6.32. The zero-order chi connectivity index (χ0) is 20.3. The Bertz CT molecular complexity index is 979. The zero-order valence-corrected chi connectivity index (χ0v) is 14.9. The Morgan fingerprint density at radius 3 is 2.61 bits per heavy atom. The summed E-state index contributed by atoms with van der Waals surface area (Å²) < 4.78 is 39.7. The van der Waals surface area contributed by atoms with Crippen molar-refractivity contribution in [3.05, 3.63) is 53.6 Å². The van der Waals surface area contributed by atoms with Crippen LogP contribution < -0.4 is 10.6 Å². The molecule has 13 heteroatoms. The molecule has 0 fully saturated rings. The molecule has 0 aliphatic carbocycles. The normalized spacial score (nSPS) is 12.5. The molecule has 2 N–H and O–H groups in total. The molecule has 0 saturated heterocycles. The van der Waals surface area contributed by atoms with Crippen LogP contribution in [0, 0.1) is 0 Å². The van der Waals surface area contributed by atoms with Crippen LogP contribution in [0.4, 0.5) is 23.7 Å². The van der Waals surface area contributed by atoms with Gasteiger partial charge in [-0.2, -0.15) is 23.0 Å². The topological polar surface area (TPSA) is 111 Å². The lowest BCUT2D eigenvalue weighted by atomic mass is 10.2. The molecule has 0 radical (unpaired) electrons. The van der Waals surface area contributed by atoms with Gasteiger partial charge in [-0.05, 0) is 19.1 Å². The Hall–Kier alpha value is -3.28. The number of hydrogen-bond acceptors (Lipinski definition) is 6. The summed E-state index contributed by atoms with van der Waals surface area (Å²) in [5.74, 6) is 0.559. The van der Waals surface area contributed by atoms with Crippen LogP contribution in [-0.4, -0.2) is 35.7 Å². The Kier molecular flexibility index (Phi) is 5.40. The molecule has 0 spiro atoms. The molecule has 3 aromatic heterocycles. The number of hydrogen-bond donors (Lipinski definition) is 2. The molecule has 0 aliphatic rings. The van der Waals surface area contributed by atoms with Crippen molar-refractivity contribution in [2.45, 2.75) is 19.1 Å². The maximum atomic E-state index is 12.8. The summed E-state index contributed by atoms with van der Waals surface area (Å²) in [6, 6.07) is 0.838. The van der Waals surface area contributed by atoms with Crippen molar-refractivity contribution in [3.63, 3.8) is 0 Å². The Labute approximate surface area is 161 Å². The minimum atomic E-state index is -4.62.